The van der Waals surface area contributed by atoms with Crippen LogP contribution in [0.5, 0.6) is 0 Å². The second-order valence-electron chi connectivity index (χ2n) is 5.48. The van der Waals surface area contributed by atoms with Crippen LogP contribution in [0.1, 0.15) is 24.0 Å². The number of piperidine rings is 1. The minimum absolute atomic E-state index is 0.404. The summed E-state index contributed by atoms with van der Waals surface area (Å²) >= 11 is 0. The number of furan rings is 2. The summed E-state index contributed by atoms with van der Waals surface area (Å²) in [6, 6.07) is 6.97. The number of aliphatic hydroxyl groups is 2. The summed E-state index contributed by atoms with van der Waals surface area (Å²) in [6.45, 7) is 1.32. The maximum Gasteiger partial charge on any atom is 0.135 e. The highest BCUT2D eigenvalue weighted by atomic mass is 16.4. The van der Waals surface area contributed by atoms with E-state index in [0.717, 1.165) is 6.54 Å². The van der Waals surface area contributed by atoms with Crippen LogP contribution in [-0.4, -0.2) is 35.3 Å². The van der Waals surface area contributed by atoms with Crippen molar-refractivity contribution in [1.29, 1.82) is 0 Å². The number of rotatable bonds is 3. The molecule has 20 heavy (non-hydrogen) atoms. The van der Waals surface area contributed by atoms with Gasteiger partial charge in [0.25, 0.3) is 0 Å². The lowest BCUT2D eigenvalue weighted by Gasteiger charge is -2.43. The molecule has 2 aromatic heterocycles. The molecule has 1 saturated heterocycles. The summed E-state index contributed by atoms with van der Waals surface area (Å²) in [4.78, 5) is 2.09. The Kier molecular flexibility index (Phi) is 3.41. The molecule has 0 aromatic carbocycles. The fraction of sp³-hybridized carbons (Fsp3) is 0.467. The van der Waals surface area contributed by atoms with Crippen LogP contribution in [-0.2, 0) is 5.60 Å². The van der Waals surface area contributed by atoms with Crippen molar-refractivity contribution in [3.63, 3.8) is 0 Å². The fourth-order valence-electron chi connectivity index (χ4n) is 2.97. The molecule has 3 unspecified atom stereocenters. The van der Waals surface area contributed by atoms with Gasteiger partial charge in [-0.05, 0) is 37.7 Å². The lowest BCUT2D eigenvalue weighted by molar-refractivity contribution is -0.133. The number of likely N-dealkylation sites (tertiary alicyclic amines) is 1. The highest BCUT2D eigenvalue weighted by Crippen LogP contribution is 2.43. The zero-order chi connectivity index (χ0) is 14.2. The summed E-state index contributed by atoms with van der Waals surface area (Å²) in [5.41, 5.74) is -1.18. The van der Waals surface area contributed by atoms with E-state index < -0.39 is 17.6 Å². The maximum atomic E-state index is 11.1. The average molecular weight is 277 g/mol. The van der Waals surface area contributed by atoms with Crippen LogP contribution in [0.25, 0.3) is 0 Å². The Hall–Kier alpha value is -1.56. The van der Waals surface area contributed by atoms with Crippen molar-refractivity contribution in [2.24, 2.45) is 5.92 Å². The monoisotopic (exact) mass is 277 g/mol. The van der Waals surface area contributed by atoms with Crippen LogP contribution in [0, 0.1) is 5.92 Å². The van der Waals surface area contributed by atoms with Crippen molar-refractivity contribution >= 4 is 0 Å². The van der Waals surface area contributed by atoms with Gasteiger partial charge in [-0.15, -0.1) is 0 Å². The fourth-order valence-corrected chi connectivity index (χ4v) is 2.97. The van der Waals surface area contributed by atoms with Crippen molar-refractivity contribution in [3.05, 3.63) is 48.3 Å². The first-order valence-electron chi connectivity index (χ1n) is 6.77. The van der Waals surface area contributed by atoms with E-state index in [-0.39, 0.29) is 0 Å². The Morgan fingerprint density at radius 1 is 1.30 bits per heavy atom. The molecule has 0 spiro atoms. The molecule has 0 amide bonds. The minimum atomic E-state index is -1.18. The van der Waals surface area contributed by atoms with Gasteiger partial charge in [0.1, 0.15) is 23.2 Å². The van der Waals surface area contributed by atoms with Gasteiger partial charge in [0, 0.05) is 19.0 Å². The molecule has 2 aromatic rings. The standard InChI is InChI=1S/C15H19NO4/c1-16-7-6-15(18,13-5-3-9-20-13)11(10-16)14(17)12-4-2-8-19-12/h2-5,8-9,11,14,17-18H,6-7,10H2,1H3. The molecule has 0 aliphatic carbocycles. The van der Waals surface area contributed by atoms with Crippen molar-refractivity contribution in [1.82, 2.24) is 4.90 Å². The number of nitrogens with zero attached hydrogens (tertiary/aromatic N) is 1. The van der Waals surface area contributed by atoms with Gasteiger partial charge in [0.15, 0.2) is 0 Å². The molecular weight excluding hydrogens is 258 g/mol. The van der Waals surface area contributed by atoms with Crippen LogP contribution in [0.15, 0.2) is 45.6 Å². The third kappa shape index (κ3) is 2.18. The Labute approximate surface area is 117 Å². The van der Waals surface area contributed by atoms with Gasteiger partial charge in [0.05, 0.1) is 12.5 Å². The van der Waals surface area contributed by atoms with Gasteiger partial charge in [-0.3, -0.25) is 0 Å². The molecular formula is C15H19NO4. The van der Waals surface area contributed by atoms with Gasteiger partial charge < -0.3 is 23.9 Å². The van der Waals surface area contributed by atoms with E-state index in [1.54, 1.807) is 30.5 Å². The lowest BCUT2D eigenvalue weighted by Crippen LogP contribution is -2.50. The molecule has 5 heteroatoms. The SMILES string of the molecule is CN1CCC(O)(c2ccco2)C(C(O)c2ccco2)C1. The molecule has 3 atom stereocenters. The Balaban J connectivity index is 1.95. The maximum absolute atomic E-state index is 11.1. The van der Waals surface area contributed by atoms with Crippen LogP contribution in [0.2, 0.25) is 0 Å². The molecule has 0 bridgehead atoms. The highest BCUT2D eigenvalue weighted by molar-refractivity contribution is 5.17. The summed E-state index contributed by atoms with van der Waals surface area (Å²) in [5, 5.41) is 21.6. The first-order valence-corrected chi connectivity index (χ1v) is 6.77. The molecule has 3 heterocycles. The lowest BCUT2D eigenvalue weighted by atomic mass is 9.75. The number of hydrogen-bond donors (Lipinski definition) is 2. The molecule has 5 nitrogen and oxygen atoms in total. The molecule has 108 valence electrons. The molecule has 0 radical (unpaired) electrons. The van der Waals surface area contributed by atoms with Crippen molar-refractivity contribution in [2.45, 2.75) is 18.1 Å². The van der Waals surface area contributed by atoms with Crippen molar-refractivity contribution in [2.75, 3.05) is 20.1 Å². The van der Waals surface area contributed by atoms with E-state index in [4.69, 9.17) is 8.83 Å². The summed E-state index contributed by atoms with van der Waals surface area (Å²) in [5.74, 6) is 0.565. The normalized spacial score (nSPS) is 29.4. The molecule has 1 fully saturated rings. The summed E-state index contributed by atoms with van der Waals surface area (Å²) in [7, 11) is 1.98. The molecule has 3 rings (SSSR count). The Morgan fingerprint density at radius 3 is 2.70 bits per heavy atom. The number of hydrogen-bond acceptors (Lipinski definition) is 5. The van der Waals surface area contributed by atoms with Crippen LogP contribution in [0.3, 0.4) is 0 Å². The van der Waals surface area contributed by atoms with Crippen molar-refractivity contribution < 1.29 is 19.0 Å². The van der Waals surface area contributed by atoms with Gasteiger partial charge in [-0.1, -0.05) is 0 Å². The zero-order valence-electron chi connectivity index (χ0n) is 11.4. The summed E-state index contributed by atoms with van der Waals surface area (Å²) in [6.07, 6.45) is 2.71. The predicted octanol–water partition coefficient (Wildman–Crippen LogP) is 1.75. The third-order valence-corrected chi connectivity index (χ3v) is 4.16. The van der Waals surface area contributed by atoms with E-state index >= 15 is 0 Å². The Morgan fingerprint density at radius 2 is 2.05 bits per heavy atom. The first kappa shape index (κ1) is 13.4. The highest BCUT2D eigenvalue weighted by Gasteiger charge is 2.48. The molecule has 2 N–H and O–H groups in total. The quantitative estimate of drug-likeness (QED) is 0.894. The second-order valence-corrected chi connectivity index (χ2v) is 5.48. The molecule has 1 aliphatic heterocycles. The molecule has 1 aliphatic rings. The minimum Gasteiger partial charge on any atom is -0.467 e. The van der Waals surface area contributed by atoms with Gasteiger partial charge in [0.2, 0.25) is 0 Å². The van der Waals surface area contributed by atoms with E-state index in [1.165, 1.54) is 6.26 Å². The molecule has 0 saturated carbocycles. The first-order chi connectivity index (χ1) is 9.61. The second kappa shape index (κ2) is 5.09. The van der Waals surface area contributed by atoms with Gasteiger partial charge in [-0.25, -0.2) is 0 Å². The van der Waals surface area contributed by atoms with E-state index in [0.29, 0.717) is 24.5 Å². The smallest absolute Gasteiger partial charge is 0.135 e. The van der Waals surface area contributed by atoms with Gasteiger partial charge >= 0.3 is 0 Å². The average Bonchev–Trinajstić information content (AvgIpc) is 3.13. The number of aliphatic hydroxyl groups excluding tert-OH is 1. The van der Waals surface area contributed by atoms with Crippen LogP contribution in [0.4, 0.5) is 0 Å². The van der Waals surface area contributed by atoms with E-state index in [2.05, 4.69) is 4.90 Å². The van der Waals surface area contributed by atoms with E-state index in [9.17, 15) is 10.2 Å². The zero-order valence-corrected chi connectivity index (χ0v) is 11.4. The van der Waals surface area contributed by atoms with Crippen molar-refractivity contribution in [3.8, 4) is 0 Å². The predicted molar refractivity (Wildman–Crippen MR) is 71.9 cm³/mol. The largest absolute Gasteiger partial charge is 0.467 e. The van der Waals surface area contributed by atoms with Crippen LogP contribution >= 0.6 is 0 Å². The third-order valence-electron chi connectivity index (χ3n) is 4.16. The van der Waals surface area contributed by atoms with E-state index in [1.807, 2.05) is 7.05 Å². The van der Waals surface area contributed by atoms with Gasteiger partial charge in [-0.2, -0.15) is 0 Å². The summed E-state index contributed by atoms with van der Waals surface area (Å²) < 4.78 is 10.7. The van der Waals surface area contributed by atoms with Crippen LogP contribution < -0.4 is 0 Å². The topological polar surface area (TPSA) is 70.0 Å². The Bertz CT molecular complexity index is 536.